The van der Waals surface area contributed by atoms with E-state index in [2.05, 4.69) is 114 Å². The SMILES string of the molecule is CC1CC=C(c2nc3c(nc2-n2c4c(c5ccccc52)=CC2CC=CC=C2C=4)oc2ccccc23)C=C2c3ccccc3NC21. The molecule has 0 fully saturated rings. The van der Waals surface area contributed by atoms with E-state index in [4.69, 9.17) is 14.4 Å². The Morgan fingerprint density at radius 1 is 0.889 bits per heavy atom. The number of anilines is 1. The van der Waals surface area contributed by atoms with Gasteiger partial charge in [0.25, 0.3) is 0 Å². The highest BCUT2D eigenvalue weighted by atomic mass is 16.3. The molecule has 0 amide bonds. The van der Waals surface area contributed by atoms with Gasteiger partial charge in [0.1, 0.15) is 16.8 Å². The predicted octanol–water partition coefficient (Wildman–Crippen LogP) is 7.70. The minimum atomic E-state index is 0.248. The van der Waals surface area contributed by atoms with Crippen molar-refractivity contribution in [3.05, 3.63) is 131 Å². The third-order valence-corrected chi connectivity index (χ3v) is 10.0. The van der Waals surface area contributed by atoms with Crippen LogP contribution >= 0.6 is 0 Å². The lowest BCUT2D eigenvalue weighted by atomic mass is 9.87. The molecule has 216 valence electrons. The highest BCUT2D eigenvalue weighted by Crippen LogP contribution is 2.43. The Kier molecular flexibility index (Phi) is 5.15. The number of benzene rings is 3. The second kappa shape index (κ2) is 9.29. The van der Waals surface area contributed by atoms with Crippen LogP contribution in [0.2, 0.25) is 0 Å². The summed E-state index contributed by atoms with van der Waals surface area (Å²) in [5.41, 5.74) is 10.3. The molecular formula is C40H30N4O. The fraction of sp³-hybridized carbons (Fsp3) is 0.150. The van der Waals surface area contributed by atoms with E-state index in [1.165, 1.54) is 33.0 Å². The van der Waals surface area contributed by atoms with E-state index >= 15 is 0 Å². The summed E-state index contributed by atoms with van der Waals surface area (Å²) in [7, 11) is 0. The van der Waals surface area contributed by atoms with Crippen LogP contribution in [0.5, 0.6) is 0 Å². The number of allylic oxidation sites excluding steroid dienone is 7. The Morgan fingerprint density at radius 2 is 1.73 bits per heavy atom. The number of rotatable bonds is 2. The van der Waals surface area contributed by atoms with Crippen molar-refractivity contribution in [1.82, 2.24) is 14.5 Å². The van der Waals surface area contributed by atoms with E-state index < -0.39 is 0 Å². The third-order valence-electron chi connectivity index (χ3n) is 10.0. The lowest BCUT2D eigenvalue weighted by molar-refractivity contribution is 0.570. The molecule has 3 atom stereocenters. The quantitative estimate of drug-likeness (QED) is 0.227. The molecule has 3 aliphatic carbocycles. The Labute approximate surface area is 259 Å². The van der Waals surface area contributed by atoms with Crippen molar-refractivity contribution in [2.24, 2.45) is 11.8 Å². The zero-order valence-corrected chi connectivity index (χ0v) is 24.9. The lowest BCUT2D eigenvalue weighted by Gasteiger charge is -2.19. The van der Waals surface area contributed by atoms with Gasteiger partial charge in [0.05, 0.1) is 16.9 Å². The third kappa shape index (κ3) is 3.61. The maximum Gasteiger partial charge on any atom is 0.248 e. The average Bonchev–Trinajstić information content (AvgIpc) is 3.70. The molecule has 3 aromatic carbocycles. The van der Waals surface area contributed by atoms with Crippen molar-refractivity contribution < 1.29 is 4.42 Å². The Morgan fingerprint density at radius 3 is 2.69 bits per heavy atom. The maximum atomic E-state index is 6.36. The molecule has 5 heteroatoms. The molecule has 0 bridgehead atoms. The molecule has 3 aromatic heterocycles. The van der Waals surface area contributed by atoms with Crippen LogP contribution in [0.4, 0.5) is 5.69 Å². The average molecular weight is 583 g/mol. The summed E-state index contributed by atoms with van der Waals surface area (Å²) in [6.45, 7) is 2.33. The molecule has 1 aliphatic heterocycles. The predicted molar refractivity (Wildman–Crippen MR) is 183 cm³/mol. The first-order valence-electron chi connectivity index (χ1n) is 15.9. The van der Waals surface area contributed by atoms with Gasteiger partial charge in [-0.25, -0.2) is 4.98 Å². The normalized spacial score (nSPS) is 21.4. The number of furan rings is 1. The van der Waals surface area contributed by atoms with E-state index in [-0.39, 0.29) is 6.04 Å². The Bertz CT molecular complexity index is 2500. The smallest absolute Gasteiger partial charge is 0.248 e. The number of para-hydroxylation sites is 3. The zero-order chi connectivity index (χ0) is 29.6. The second-order valence-corrected chi connectivity index (χ2v) is 12.7. The summed E-state index contributed by atoms with van der Waals surface area (Å²) in [4.78, 5) is 10.8. The lowest BCUT2D eigenvalue weighted by Crippen LogP contribution is -2.34. The molecule has 45 heavy (non-hydrogen) atoms. The number of aromatic nitrogens is 3. The van der Waals surface area contributed by atoms with E-state index in [0.29, 0.717) is 17.5 Å². The maximum absolute atomic E-state index is 6.36. The monoisotopic (exact) mass is 582 g/mol. The molecule has 1 N–H and O–H groups in total. The first-order chi connectivity index (χ1) is 22.2. The summed E-state index contributed by atoms with van der Waals surface area (Å²) >= 11 is 0. The van der Waals surface area contributed by atoms with Crippen molar-refractivity contribution in [3.8, 4) is 5.82 Å². The molecule has 0 saturated heterocycles. The van der Waals surface area contributed by atoms with Gasteiger partial charge in [-0.05, 0) is 66.3 Å². The number of nitrogens with one attached hydrogen (secondary N) is 1. The van der Waals surface area contributed by atoms with Gasteiger partial charge in [-0.2, -0.15) is 4.98 Å². The standard InChI is InChI=1S/C40H30N4O/c1-23-18-19-26(21-31-27-12-4-7-15-32(27)41-36(23)31)37-39(43-40-38(42-37)29-14-6-9-17-35(29)45-40)44-33-16-8-5-13-28(33)30-20-24-10-2-3-11-25(24)22-34(30)44/h2-9,11-17,19-24,36,41H,10,18H2,1H3. The number of nitrogens with zero attached hydrogens (tertiary/aromatic N) is 3. The van der Waals surface area contributed by atoms with Crippen LogP contribution in [-0.2, 0) is 0 Å². The number of hydrogen-bond donors (Lipinski definition) is 1. The Balaban J connectivity index is 1.31. The molecule has 0 spiro atoms. The highest BCUT2D eigenvalue weighted by molar-refractivity contribution is 6.03. The summed E-state index contributed by atoms with van der Waals surface area (Å²) in [5.74, 6) is 1.60. The van der Waals surface area contributed by atoms with Crippen molar-refractivity contribution in [1.29, 1.82) is 0 Å². The van der Waals surface area contributed by atoms with Crippen LogP contribution in [-0.4, -0.2) is 20.6 Å². The number of hydrogen-bond acceptors (Lipinski definition) is 4. The highest BCUT2D eigenvalue weighted by Gasteiger charge is 2.33. The summed E-state index contributed by atoms with van der Waals surface area (Å²) in [6, 6.07) is 25.7. The molecule has 5 nitrogen and oxygen atoms in total. The first kappa shape index (κ1) is 25.0. The van der Waals surface area contributed by atoms with Gasteiger partial charge in [-0.15, -0.1) is 0 Å². The van der Waals surface area contributed by atoms with E-state index in [9.17, 15) is 0 Å². The van der Waals surface area contributed by atoms with Crippen molar-refractivity contribution in [2.45, 2.75) is 25.8 Å². The van der Waals surface area contributed by atoms with Crippen molar-refractivity contribution >= 4 is 62.1 Å². The van der Waals surface area contributed by atoms with Crippen LogP contribution in [0.25, 0.3) is 62.2 Å². The van der Waals surface area contributed by atoms with Crippen LogP contribution in [0.15, 0.2) is 113 Å². The zero-order valence-electron chi connectivity index (χ0n) is 24.9. The van der Waals surface area contributed by atoms with Crippen LogP contribution < -0.4 is 15.9 Å². The molecule has 4 aliphatic rings. The van der Waals surface area contributed by atoms with Gasteiger partial charge >= 0.3 is 0 Å². The Hall–Kier alpha value is -5.42. The van der Waals surface area contributed by atoms with Gasteiger partial charge in [-0.3, -0.25) is 4.57 Å². The number of fused-ring (bicyclic) bond motifs is 10. The molecule has 3 unspecified atom stereocenters. The first-order valence-corrected chi connectivity index (χ1v) is 15.9. The minimum Gasteiger partial charge on any atom is -0.436 e. The van der Waals surface area contributed by atoms with E-state index in [1.54, 1.807) is 0 Å². The van der Waals surface area contributed by atoms with Crippen molar-refractivity contribution in [2.75, 3.05) is 5.32 Å². The minimum absolute atomic E-state index is 0.248. The second-order valence-electron chi connectivity index (χ2n) is 12.7. The molecule has 0 radical (unpaired) electrons. The largest absolute Gasteiger partial charge is 0.436 e. The van der Waals surface area contributed by atoms with Crippen LogP contribution in [0, 0.1) is 11.8 Å². The van der Waals surface area contributed by atoms with Crippen LogP contribution in [0.3, 0.4) is 0 Å². The van der Waals surface area contributed by atoms with Gasteiger partial charge in [-0.1, -0.05) is 85.8 Å². The van der Waals surface area contributed by atoms with Gasteiger partial charge < -0.3 is 9.73 Å². The summed E-state index contributed by atoms with van der Waals surface area (Å²) < 4.78 is 8.68. The van der Waals surface area contributed by atoms with Gasteiger partial charge in [0.15, 0.2) is 5.82 Å². The van der Waals surface area contributed by atoms with Gasteiger partial charge in [0.2, 0.25) is 5.71 Å². The molecule has 4 heterocycles. The van der Waals surface area contributed by atoms with Crippen molar-refractivity contribution in [3.63, 3.8) is 0 Å². The topological polar surface area (TPSA) is 55.9 Å². The van der Waals surface area contributed by atoms with E-state index in [0.717, 1.165) is 57.3 Å². The summed E-state index contributed by atoms with van der Waals surface area (Å²) in [5, 5.41) is 8.41. The van der Waals surface area contributed by atoms with Gasteiger partial charge in [0, 0.05) is 38.7 Å². The fourth-order valence-electron chi connectivity index (χ4n) is 7.77. The van der Waals surface area contributed by atoms with E-state index in [1.807, 2.05) is 18.2 Å². The molecule has 0 saturated carbocycles. The van der Waals surface area contributed by atoms with Crippen LogP contribution in [0.1, 0.15) is 31.0 Å². The molecular weight excluding hydrogens is 552 g/mol. The summed E-state index contributed by atoms with van der Waals surface area (Å²) in [6.07, 6.45) is 18.1. The molecule has 6 aromatic rings. The fourth-order valence-corrected chi connectivity index (χ4v) is 7.77. The molecule has 10 rings (SSSR count).